The van der Waals surface area contributed by atoms with Gasteiger partial charge in [0.25, 0.3) is 5.91 Å². The van der Waals surface area contributed by atoms with Crippen LogP contribution in [0.3, 0.4) is 0 Å². The summed E-state index contributed by atoms with van der Waals surface area (Å²) in [5.74, 6) is -0.936. The molecule has 0 saturated carbocycles. The highest BCUT2D eigenvalue weighted by molar-refractivity contribution is 9.10. The zero-order chi connectivity index (χ0) is 18.6. The quantitative estimate of drug-likeness (QED) is 0.716. The third-order valence-electron chi connectivity index (χ3n) is 3.45. The van der Waals surface area contributed by atoms with E-state index in [1.165, 1.54) is 24.3 Å². The van der Waals surface area contributed by atoms with Crippen LogP contribution in [0.4, 0.5) is 23.2 Å². The zero-order valence-corrected chi connectivity index (χ0v) is 14.8. The summed E-state index contributed by atoms with van der Waals surface area (Å²) in [6.07, 6.45) is -4.37. The molecule has 1 amide bonds. The molecule has 134 valence electrons. The van der Waals surface area contributed by atoms with Gasteiger partial charge in [-0.25, -0.2) is 4.39 Å². The highest BCUT2D eigenvalue weighted by Gasteiger charge is 2.30. The van der Waals surface area contributed by atoms with Crippen LogP contribution in [0.25, 0.3) is 0 Å². The lowest BCUT2D eigenvalue weighted by Gasteiger charge is -2.15. The molecular formula is C17H16BrF4N2O+. The average molecular weight is 420 g/mol. The number of quaternary nitrogens is 1. The van der Waals surface area contributed by atoms with Gasteiger partial charge >= 0.3 is 6.18 Å². The van der Waals surface area contributed by atoms with Gasteiger partial charge in [0.2, 0.25) is 0 Å². The molecule has 0 spiro atoms. The normalized spacial score (nSPS) is 12.7. The predicted molar refractivity (Wildman–Crippen MR) is 89.6 cm³/mol. The van der Waals surface area contributed by atoms with Crippen molar-refractivity contribution in [2.24, 2.45) is 0 Å². The van der Waals surface area contributed by atoms with Crippen LogP contribution in [0.2, 0.25) is 0 Å². The van der Waals surface area contributed by atoms with Crippen molar-refractivity contribution in [1.29, 1.82) is 0 Å². The number of nitrogens with one attached hydrogen (secondary N) is 2. The van der Waals surface area contributed by atoms with E-state index in [1.54, 1.807) is 13.1 Å². The van der Waals surface area contributed by atoms with E-state index in [1.807, 2.05) is 0 Å². The summed E-state index contributed by atoms with van der Waals surface area (Å²) in [7, 11) is 1.73. The van der Waals surface area contributed by atoms with E-state index in [9.17, 15) is 22.4 Å². The third kappa shape index (κ3) is 5.82. The lowest BCUT2D eigenvalue weighted by Crippen LogP contribution is -3.08. The largest absolute Gasteiger partial charge is 0.416 e. The van der Waals surface area contributed by atoms with Gasteiger partial charge in [0.05, 0.1) is 18.3 Å². The average Bonchev–Trinajstić information content (AvgIpc) is 2.49. The number of carbonyl (C=O) groups is 1. The molecular weight excluding hydrogens is 404 g/mol. The Kier molecular flexibility index (Phi) is 6.18. The fourth-order valence-electron chi connectivity index (χ4n) is 2.28. The lowest BCUT2D eigenvalue weighted by atomic mass is 10.1. The molecule has 2 N–H and O–H groups in total. The monoisotopic (exact) mass is 419 g/mol. The van der Waals surface area contributed by atoms with Gasteiger partial charge in [0.15, 0.2) is 6.54 Å². The van der Waals surface area contributed by atoms with Crippen LogP contribution >= 0.6 is 15.9 Å². The molecule has 3 nitrogen and oxygen atoms in total. The molecule has 0 radical (unpaired) electrons. The molecule has 1 unspecified atom stereocenters. The molecule has 2 aromatic rings. The van der Waals surface area contributed by atoms with Gasteiger partial charge in [-0.1, -0.05) is 28.1 Å². The van der Waals surface area contributed by atoms with E-state index in [4.69, 9.17) is 0 Å². The third-order valence-corrected chi connectivity index (χ3v) is 3.95. The van der Waals surface area contributed by atoms with Crippen molar-refractivity contribution in [1.82, 2.24) is 0 Å². The Labute approximate surface area is 150 Å². The van der Waals surface area contributed by atoms with E-state index in [0.717, 1.165) is 17.0 Å². The molecule has 0 aromatic heterocycles. The predicted octanol–water partition coefficient (Wildman–Crippen LogP) is 3.26. The standard InChI is InChI=1S/C17H15BrF4N2O/c1-24(9-11-2-4-12(5-3-11)17(20,21)22)10-16(25)23-15-7-6-13(18)8-14(15)19/h2-8H,9-10H2,1H3,(H,23,25)/p+1. The minimum absolute atomic E-state index is 0.0521. The maximum atomic E-state index is 13.7. The van der Waals surface area contributed by atoms with Crippen LogP contribution in [0.5, 0.6) is 0 Å². The Morgan fingerprint density at radius 2 is 1.80 bits per heavy atom. The highest BCUT2D eigenvalue weighted by Crippen LogP contribution is 2.28. The Morgan fingerprint density at radius 1 is 1.16 bits per heavy atom. The van der Waals surface area contributed by atoms with Gasteiger partial charge in [-0.05, 0) is 30.3 Å². The number of amides is 1. The summed E-state index contributed by atoms with van der Waals surface area (Å²) in [5, 5.41) is 2.48. The summed E-state index contributed by atoms with van der Waals surface area (Å²) in [6.45, 7) is 0.422. The first-order valence-corrected chi connectivity index (χ1v) is 8.17. The second kappa shape index (κ2) is 7.97. The molecule has 25 heavy (non-hydrogen) atoms. The van der Waals surface area contributed by atoms with Crippen molar-refractivity contribution < 1.29 is 27.3 Å². The molecule has 0 aliphatic rings. The van der Waals surface area contributed by atoms with Crippen LogP contribution in [-0.4, -0.2) is 19.5 Å². The number of alkyl halides is 3. The number of hydrogen-bond acceptors (Lipinski definition) is 1. The topological polar surface area (TPSA) is 33.5 Å². The fraction of sp³-hybridized carbons (Fsp3) is 0.235. The zero-order valence-electron chi connectivity index (χ0n) is 13.3. The molecule has 8 heteroatoms. The van der Waals surface area contributed by atoms with Crippen LogP contribution < -0.4 is 10.2 Å². The van der Waals surface area contributed by atoms with Gasteiger partial charge in [0, 0.05) is 10.0 Å². The first-order chi connectivity index (χ1) is 11.6. The molecule has 0 bridgehead atoms. The second-order valence-electron chi connectivity index (χ2n) is 5.68. The second-order valence-corrected chi connectivity index (χ2v) is 6.59. The Balaban J connectivity index is 1.91. The number of likely N-dealkylation sites (N-methyl/N-ethyl adjacent to an activating group) is 1. The first-order valence-electron chi connectivity index (χ1n) is 7.37. The molecule has 0 aliphatic heterocycles. The van der Waals surface area contributed by atoms with E-state index >= 15 is 0 Å². The minimum Gasteiger partial charge on any atom is -0.326 e. The first kappa shape index (κ1) is 19.4. The van der Waals surface area contributed by atoms with Crippen molar-refractivity contribution >= 4 is 27.5 Å². The summed E-state index contributed by atoms with van der Waals surface area (Å²) in [5.41, 5.74) is 0.0426. The van der Waals surface area contributed by atoms with Gasteiger partial charge < -0.3 is 10.2 Å². The van der Waals surface area contributed by atoms with Crippen LogP contribution in [0.1, 0.15) is 11.1 Å². The Hall–Kier alpha value is -1.93. The Morgan fingerprint density at radius 3 is 2.36 bits per heavy atom. The van der Waals surface area contributed by atoms with Gasteiger partial charge in [-0.15, -0.1) is 0 Å². The highest BCUT2D eigenvalue weighted by atomic mass is 79.9. The van der Waals surface area contributed by atoms with E-state index in [-0.39, 0.29) is 18.1 Å². The molecule has 0 fully saturated rings. The maximum Gasteiger partial charge on any atom is 0.416 e. The lowest BCUT2D eigenvalue weighted by molar-refractivity contribution is -0.885. The van der Waals surface area contributed by atoms with E-state index < -0.39 is 17.6 Å². The van der Waals surface area contributed by atoms with Crippen molar-refractivity contribution in [3.63, 3.8) is 0 Å². The van der Waals surface area contributed by atoms with Crippen molar-refractivity contribution in [3.05, 3.63) is 63.9 Å². The van der Waals surface area contributed by atoms with E-state index in [2.05, 4.69) is 21.2 Å². The number of hydrogen-bond donors (Lipinski definition) is 2. The SMILES string of the molecule is C[NH+](CC(=O)Nc1ccc(Br)cc1F)Cc1ccc(C(F)(F)F)cc1. The summed E-state index contributed by atoms with van der Waals surface area (Å²) in [6, 6.07) is 9.10. The number of halogens is 5. The fourth-order valence-corrected chi connectivity index (χ4v) is 2.62. The number of benzene rings is 2. The molecule has 0 saturated heterocycles. The summed E-state index contributed by atoms with van der Waals surface area (Å²) >= 11 is 3.13. The minimum atomic E-state index is -4.37. The number of carbonyl (C=O) groups excluding carboxylic acids is 1. The van der Waals surface area contributed by atoms with E-state index in [0.29, 0.717) is 16.6 Å². The van der Waals surface area contributed by atoms with Gasteiger partial charge in [-0.2, -0.15) is 13.2 Å². The molecule has 1 atom stereocenters. The summed E-state index contributed by atoms with van der Waals surface area (Å²) in [4.78, 5) is 12.7. The molecule has 2 rings (SSSR count). The van der Waals surface area contributed by atoms with Gasteiger partial charge in [0.1, 0.15) is 12.4 Å². The van der Waals surface area contributed by atoms with Crippen molar-refractivity contribution in [2.75, 3.05) is 18.9 Å². The van der Waals surface area contributed by atoms with Crippen molar-refractivity contribution in [3.8, 4) is 0 Å². The van der Waals surface area contributed by atoms with Crippen LogP contribution in [0, 0.1) is 5.82 Å². The van der Waals surface area contributed by atoms with Crippen LogP contribution in [-0.2, 0) is 17.5 Å². The smallest absolute Gasteiger partial charge is 0.326 e. The van der Waals surface area contributed by atoms with Gasteiger partial charge in [-0.3, -0.25) is 4.79 Å². The maximum absolute atomic E-state index is 13.7. The van der Waals surface area contributed by atoms with Crippen molar-refractivity contribution in [2.45, 2.75) is 12.7 Å². The number of anilines is 1. The summed E-state index contributed by atoms with van der Waals surface area (Å²) < 4.78 is 51.8. The van der Waals surface area contributed by atoms with Crippen LogP contribution in [0.15, 0.2) is 46.9 Å². The Bertz CT molecular complexity index is 747. The molecule has 0 aliphatic carbocycles. The number of rotatable bonds is 5. The molecule has 0 heterocycles. The molecule has 2 aromatic carbocycles.